The first-order valence-corrected chi connectivity index (χ1v) is 5.77. The van der Waals surface area contributed by atoms with E-state index in [2.05, 4.69) is 12.0 Å². The zero-order chi connectivity index (χ0) is 11.5. The van der Waals surface area contributed by atoms with Crippen LogP contribution in [0.1, 0.15) is 30.3 Å². The molecule has 2 rings (SSSR count). The molecule has 1 heterocycles. The lowest BCUT2D eigenvalue weighted by molar-refractivity contribution is 0.107. The number of halogens is 1. The Balaban J connectivity index is 2.53. The minimum absolute atomic E-state index is 0.355. The molecule has 84 valence electrons. The van der Waals surface area contributed by atoms with Crippen LogP contribution in [0.3, 0.4) is 0 Å². The summed E-state index contributed by atoms with van der Waals surface area (Å²) in [5, 5.41) is 4.60. The Labute approximate surface area is 99.0 Å². The van der Waals surface area contributed by atoms with Crippen LogP contribution in [0.15, 0.2) is 24.3 Å². The number of hydrogen-bond acceptors (Lipinski definition) is 2. The lowest BCUT2D eigenvalue weighted by Crippen LogP contribution is -2.01. The summed E-state index contributed by atoms with van der Waals surface area (Å²) in [6, 6.07) is 7.66. The first-order valence-electron chi connectivity index (χ1n) is 5.39. The zero-order valence-corrected chi connectivity index (χ0v) is 9.87. The summed E-state index contributed by atoms with van der Waals surface area (Å²) in [5.41, 5.74) is 1.33. The molecule has 1 aromatic carbocycles. The van der Waals surface area contributed by atoms with Gasteiger partial charge in [0.25, 0.3) is 5.24 Å². The number of nitrogens with zero attached hydrogens (tertiary/aromatic N) is 2. The Morgan fingerprint density at radius 3 is 2.88 bits per heavy atom. The van der Waals surface area contributed by atoms with Crippen LogP contribution >= 0.6 is 11.6 Å². The molecule has 0 aliphatic carbocycles. The van der Waals surface area contributed by atoms with Crippen molar-refractivity contribution in [2.45, 2.75) is 26.3 Å². The molecule has 0 aliphatic rings. The predicted octanol–water partition coefficient (Wildman–Crippen LogP) is 3.22. The third-order valence-corrected chi connectivity index (χ3v) is 2.75. The van der Waals surface area contributed by atoms with E-state index in [0.29, 0.717) is 5.69 Å². The number of benzene rings is 1. The van der Waals surface area contributed by atoms with Gasteiger partial charge in [0, 0.05) is 11.9 Å². The lowest BCUT2D eigenvalue weighted by Gasteiger charge is -2.00. The topological polar surface area (TPSA) is 34.9 Å². The fourth-order valence-corrected chi connectivity index (χ4v) is 1.89. The molecule has 3 nitrogen and oxygen atoms in total. The van der Waals surface area contributed by atoms with Crippen LogP contribution in [-0.2, 0) is 6.54 Å². The van der Waals surface area contributed by atoms with Crippen LogP contribution in [-0.4, -0.2) is 15.0 Å². The largest absolute Gasteiger partial charge is 0.274 e. The molecule has 0 spiro atoms. The second kappa shape index (κ2) is 4.66. The van der Waals surface area contributed by atoms with Crippen LogP contribution in [0.2, 0.25) is 0 Å². The van der Waals surface area contributed by atoms with Gasteiger partial charge in [-0.1, -0.05) is 31.5 Å². The van der Waals surface area contributed by atoms with Crippen molar-refractivity contribution >= 4 is 27.7 Å². The normalized spacial score (nSPS) is 10.9. The Morgan fingerprint density at radius 2 is 2.19 bits per heavy atom. The van der Waals surface area contributed by atoms with Crippen LogP contribution in [0.4, 0.5) is 0 Å². The highest BCUT2D eigenvalue weighted by molar-refractivity contribution is 6.68. The number of para-hydroxylation sites is 1. The quantitative estimate of drug-likeness (QED) is 0.764. The smallest absolute Gasteiger partial charge is 0.273 e. The molecule has 0 atom stereocenters. The van der Waals surface area contributed by atoms with Gasteiger partial charge in [-0.15, -0.1) is 0 Å². The van der Waals surface area contributed by atoms with E-state index in [1.54, 1.807) is 0 Å². The fraction of sp³-hybridized carbons (Fsp3) is 0.333. The number of aryl methyl sites for hydroxylation is 1. The van der Waals surface area contributed by atoms with Crippen LogP contribution in [0.25, 0.3) is 10.9 Å². The molecule has 0 aliphatic heterocycles. The summed E-state index contributed by atoms with van der Waals surface area (Å²) in [7, 11) is 0. The predicted molar refractivity (Wildman–Crippen MR) is 64.8 cm³/mol. The SMILES string of the molecule is CCCCn1nc(C(=O)Cl)c2ccccc21. The first kappa shape index (κ1) is 11.1. The highest BCUT2D eigenvalue weighted by Crippen LogP contribution is 2.20. The molecule has 0 N–H and O–H groups in total. The minimum atomic E-state index is -0.494. The standard InChI is InChI=1S/C12H13ClN2O/c1-2-3-8-15-10-7-5-4-6-9(10)11(14-15)12(13)16/h4-7H,2-3,8H2,1H3. The van der Waals surface area contributed by atoms with E-state index in [0.717, 1.165) is 30.3 Å². The maximum Gasteiger partial charge on any atom is 0.273 e. The first-order chi connectivity index (χ1) is 7.74. The van der Waals surface area contributed by atoms with Crippen molar-refractivity contribution in [3.8, 4) is 0 Å². The van der Waals surface area contributed by atoms with Crippen molar-refractivity contribution < 1.29 is 4.79 Å². The van der Waals surface area contributed by atoms with Crippen molar-refractivity contribution in [3.05, 3.63) is 30.0 Å². The number of carbonyl (C=O) groups is 1. The van der Waals surface area contributed by atoms with Gasteiger partial charge in [-0.05, 0) is 24.1 Å². The molecule has 0 saturated carbocycles. The van der Waals surface area contributed by atoms with Crippen LogP contribution < -0.4 is 0 Å². The van der Waals surface area contributed by atoms with E-state index in [-0.39, 0.29) is 0 Å². The van der Waals surface area contributed by atoms with Gasteiger partial charge in [-0.2, -0.15) is 5.10 Å². The molecule has 0 fully saturated rings. The molecular weight excluding hydrogens is 224 g/mol. The average molecular weight is 237 g/mol. The van der Waals surface area contributed by atoms with Crippen molar-refractivity contribution in [1.29, 1.82) is 0 Å². The van der Waals surface area contributed by atoms with Gasteiger partial charge in [-0.25, -0.2) is 0 Å². The van der Waals surface area contributed by atoms with Gasteiger partial charge < -0.3 is 0 Å². The van der Waals surface area contributed by atoms with E-state index >= 15 is 0 Å². The molecule has 1 aromatic heterocycles. The van der Waals surface area contributed by atoms with Crippen molar-refractivity contribution in [2.75, 3.05) is 0 Å². The van der Waals surface area contributed by atoms with Crippen molar-refractivity contribution in [1.82, 2.24) is 9.78 Å². The summed E-state index contributed by atoms with van der Waals surface area (Å²) >= 11 is 5.51. The third-order valence-electron chi connectivity index (χ3n) is 2.57. The highest BCUT2D eigenvalue weighted by Gasteiger charge is 2.14. The molecule has 0 amide bonds. The van der Waals surface area contributed by atoms with E-state index < -0.39 is 5.24 Å². The van der Waals surface area contributed by atoms with Crippen molar-refractivity contribution in [3.63, 3.8) is 0 Å². The Bertz CT molecular complexity index is 519. The number of aromatic nitrogens is 2. The molecule has 16 heavy (non-hydrogen) atoms. The minimum Gasteiger partial charge on any atom is -0.274 e. The molecule has 2 aromatic rings. The second-order valence-corrected chi connectivity index (χ2v) is 4.06. The summed E-state index contributed by atoms with van der Waals surface area (Å²) in [6.45, 7) is 2.94. The van der Waals surface area contributed by atoms with Crippen LogP contribution in [0.5, 0.6) is 0 Å². The zero-order valence-electron chi connectivity index (χ0n) is 9.11. The van der Waals surface area contributed by atoms with Gasteiger partial charge in [0.15, 0.2) is 5.69 Å². The maximum absolute atomic E-state index is 11.2. The summed E-state index contributed by atoms with van der Waals surface area (Å²) in [5.74, 6) is 0. The molecule has 4 heteroatoms. The number of hydrogen-bond donors (Lipinski definition) is 0. The molecular formula is C12H13ClN2O. The monoisotopic (exact) mass is 236 g/mol. The maximum atomic E-state index is 11.2. The molecule has 0 radical (unpaired) electrons. The Hall–Kier alpha value is -1.35. The van der Waals surface area contributed by atoms with E-state index in [4.69, 9.17) is 11.6 Å². The molecule has 0 unspecified atom stereocenters. The Kier molecular flexibility index (Phi) is 3.25. The van der Waals surface area contributed by atoms with Crippen LogP contribution in [0, 0.1) is 0 Å². The Morgan fingerprint density at radius 1 is 1.44 bits per heavy atom. The number of fused-ring (bicyclic) bond motifs is 1. The van der Waals surface area contributed by atoms with E-state index in [1.807, 2.05) is 28.9 Å². The van der Waals surface area contributed by atoms with E-state index in [1.165, 1.54) is 0 Å². The summed E-state index contributed by atoms with van der Waals surface area (Å²) in [6.07, 6.45) is 2.14. The van der Waals surface area contributed by atoms with Gasteiger partial charge >= 0.3 is 0 Å². The van der Waals surface area contributed by atoms with Gasteiger partial charge in [0.1, 0.15) is 0 Å². The third kappa shape index (κ3) is 1.95. The molecule has 0 saturated heterocycles. The average Bonchev–Trinajstić information content (AvgIpc) is 2.65. The summed E-state index contributed by atoms with van der Waals surface area (Å²) in [4.78, 5) is 11.2. The number of unbranched alkanes of at least 4 members (excludes halogenated alkanes) is 1. The van der Waals surface area contributed by atoms with Gasteiger partial charge in [-0.3, -0.25) is 9.48 Å². The van der Waals surface area contributed by atoms with Gasteiger partial charge in [0.2, 0.25) is 0 Å². The van der Waals surface area contributed by atoms with E-state index in [9.17, 15) is 4.79 Å². The summed E-state index contributed by atoms with van der Waals surface area (Å²) < 4.78 is 1.86. The molecule has 0 bridgehead atoms. The highest BCUT2D eigenvalue weighted by atomic mass is 35.5. The number of carbonyl (C=O) groups excluding carboxylic acids is 1. The van der Waals surface area contributed by atoms with Crippen molar-refractivity contribution in [2.24, 2.45) is 0 Å². The second-order valence-electron chi connectivity index (χ2n) is 3.72. The fourth-order valence-electron chi connectivity index (χ4n) is 1.75. The van der Waals surface area contributed by atoms with Gasteiger partial charge in [0.05, 0.1) is 5.52 Å². The lowest BCUT2D eigenvalue weighted by atomic mass is 10.2. The number of rotatable bonds is 4.